The summed E-state index contributed by atoms with van der Waals surface area (Å²) in [5.74, 6) is -8.22. The van der Waals surface area contributed by atoms with Crippen LogP contribution in [0.1, 0.15) is 58.7 Å². The molecular weight excluding hydrogens is 571 g/mol. The summed E-state index contributed by atoms with van der Waals surface area (Å²) in [6.45, 7) is 9.04. The minimum atomic E-state index is -5.49. The lowest BCUT2D eigenvalue weighted by molar-refractivity contribution is -0.276. The number of benzene rings is 2. The van der Waals surface area contributed by atoms with Crippen molar-refractivity contribution in [2.24, 2.45) is 0 Å². The molecule has 0 unspecified atom stereocenters. The molecule has 14 heteroatoms. The Bertz CT molecular complexity index is 1260. The molecule has 42 heavy (non-hydrogen) atoms. The lowest BCUT2D eigenvalue weighted by atomic mass is 9.99. The third-order valence-electron chi connectivity index (χ3n) is 5.19. The van der Waals surface area contributed by atoms with Crippen LogP contribution in [-0.4, -0.2) is 52.8 Å². The average molecular weight is 605 g/mol. The number of rotatable bonds is 9. The quantitative estimate of drug-likeness (QED) is 0.276. The van der Waals surface area contributed by atoms with Crippen molar-refractivity contribution in [1.82, 2.24) is 10.6 Å². The number of nitrogens with one attached hydrogen (secondary N) is 2. The molecule has 232 valence electrons. The zero-order valence-corrected chi connectivity index (χ0v) is 23.8. The van der Waals surface area contributed by atoms with Crippen molar-refractivity contribution in [2.75, 3.05) is 0 Å². The van der Waals surface area contributed by atoms with Gasteiger partial charge in [-0.1, -0.05) is 36.4 Å². The molecule has 0 radical (unpaired) electrons. The van der Waals surface area contributed by atoms with Gasteiger partial charge >= 0.3 is 18.4 Å². The van der Waals surface area contributed by atoms with Gasteiger partial charge in [-0.15, -0.1) is 13.2 Å². The fourth-order valence-electron chi connectivity index (χ4n) is 3.58. The van der Waals surface area contributed by atoms with E-state index < -0.39 is 76.7 Å². The Morgan fingerprint density at radius 3 is 1.95 bits per heavy atom. The summed E-state index contributed by atoms with van der Waals surface area (Å²) < 4.78 is 81.5. The van der Waals surface area contributed by atoms with Gasteiger partial charge in [0.1, 0.15) is 11.2 Å². The highest BCUT2D eigenvalue weighted by molar-refractivity contribution is 5.88. The van der Waals surface area contributed by atoms with Gasteiger partial charge in [0, 0.05) is 5.56 Å². The highest BCUT2D eigenvalue weighted by Crippen LogP contribution is 2.33. The maximum Gasteiger partial charge on any atom is 0.573 e. The molecule has 0 fully saturated rings. The van der Waals surface area contributed by atoms with Crippen molar-refractivity contribution < 1.29 is 55.7 Å². The van der Waals surface area contributed by atoms with Crippen molar-refractivity contribution in [2.45, 2.75) is 83.7 Å². The van der Waals surface area contributed by atoms with Crippen LogP contribution in [0.25, 0.3) is 0 Å². The summed E-state index contributed by atoms with van der Waals surface area (Å²) in [4.78, 5) is 38.7. The van der Waals surface area contributed by atoms with Gasteiger partial charge in [0.25, 0.3) is 5.91 Å². The predicted octanol–water partition coefficient (Wildman–Crippen LogP) is 4.86. The van der Waals surface area contributed by atoms with E-state index in [0.717, 1.165) is 0 Å². The van der Waals surface area contributed by atoms with Crippen molar-refractivity contribution >= 4 is 18.0 Å². The van der Waals surface area contributed by atoms with E-state index >= 15 is 4.39 Å². The minimum Gasteiger partial charge on any atom is -0.458 e. The van der Waals surface area contributed by atoms with Crippen LogP contribution in [0.2, 0.25) is 0 Å². The molecule has 2 amide bonds. The largest absolute Gasteiger partial charge is 0.573 e. The number of hydrogen-bond acceptors (Lipinski definition) is 7. The monoisotopic (exact) mass is 604 g/mol. The van der Waals surface area contributed by atoms with Crippen LogP contribution in [0.3, 0.4) is 0 Å². The van der Waals surface area contributed by atoms with E-state index in [2.05, 4.69) is 10.1 Å². The zero-order chi connectivity index (χ0) is 32.0. The summed E-state index contributed by atoms with van der Waals surface area (Å²) in [5.41, 5.74) is -2.51. The molecule has 0 saturated carbocycles. The molecule has 2 aromatic carbocycles. The first-order valence-corrected chi connectivity index (χ1v) is 12.7. The number of halogens is 5. The Kier molecular flexibility index (Phi) is 10.9. The molecule has 0 aliphatic carbocycles. The summed E-state index contributed by atoms with van der Waals surface area (Å²) in [7, 11) is 0. The number of esters is 1. The molecular formula is C28H33F5N2O7. The molecule has 0 aromatic heterocycles. The third-order valence-corrected chi connectivity index (χ3v) is 5.19. The van der Waals surface area contributed by atoms with E-state index in [1.165, 1.54) is 20.8 Å². The normalized spacial score (nSPS) is 14.3. The van der Waals surface area contributed by atoms with Crippen LogP contribution in [0.5, 0.6) is 5.75 Å². The van der Waals surface area contributed by atoms with Gasteiger partial charge in [0.15, 0.2) is 23.8 Å². The molecule has 0 aliphatic heterocycles. The van der Waals surface area contributed by atoms with Crippen molar-refractivity contribution in [3.63, 3.8) is 0 Å². The van der Waals surface area contributed by atoms with E-state index in [9.17, 15) is 37.1 Å². The smallest absolute Gasteiger partial charge is 0.458 e. The van der Waals surface area contributed by atoms with Crippen molar-refractivity contribution in [3.8, 4) is 5.75 Å². The molecule has 0 spiro atoms. The van der Waals surface area contributed by atoms with Gasteiger partial charge in [-0.2, -0.15) is 0 Å². The first-order chi connectivity index (χ1) is 19.2. The Balaban J connectivity index is 2.47. The third kappa shape index (κ3) is 10.8. The minimum absolute atomic E-state index is 0.111. The maximum absolute atomic E-state index is 15.2. The van der Waals surface area contributed by atoms with Crippen molar-refractivity contribution in [3.05, 3.63) is 65.2 Å². The number of hydrogen-bond donors (Lipinski definition) is 3. The van der Waals surface area contributed by atoms with E-state index in [0.29, 0.717) is 17.7 Å². The number of alkyl carbamates (subject to hydrolysis) is 1. The highest BCUT2D eigenvalue weighted by Gasteiger charge is 2.39. The molecule has 0 saturated heterocycles. The first kappa shape index (κ1) is 34.3. The number of ether oxygens (including phenoxy) is 3. The van der Waals surface area contributed by atoms with Gasteiger partial charge in [-0.3, -0.25) is 4.79 Å². The zero-order valence-electron chi connectivity index (χ0n) is 23.8. The van der Waals surface area contributed by atoms with Crippen molar-refractivity contribution in [1.29, 1.82) is 0 Å². The second kappa shape index (κ2) is 13.4. The van der Waals surface area contributed by atoms with Gasteiger partial charge in [-0.05, 0) is 59.6 Å². The average Bonchev–Trinajstić information content (AvgIpc) is 2.82. The number of alkyl halides is 3. The van der Waals surface area contributed by atoms with Crippen LogP contribution >= 0.6 is 0 Å². The molecule has 3 N–H and O–H groups in total. The van der Waals surface area contributed by atoms with Crippen LogP contribution in [-0.2, 0) is 25.5 Å². The Labute approximate surface area is 239 Å². The summed E-state index contributed by atoms with van der Waals surface area (Å²) in [5, 5.41) is 15.4. The fourth-order valence-corrected chi connectivity index (χ4v) is 3.58. The van der Waals surface area contributed by atoms with Crippen LogP contribution < -0.4 is 15.4 Å². The lowest BCUT2D eigenvalue weighted by Gasteiger charge is -2.29. The van der Waals surface area contributed by atoms with E-state index in [1.807, 2.05) is 5.32 Å². The SMILES string of the molecule is CC(C)(C)OC(=O)N[C@H](Cc1ccccc1)[C@H](O)C(=O)N[C@H](C(=O)OC(C)(C)C)c1ccc(F)c(OC(F)(F)F)c1F. The molecule has 0 aliphatic rings. The lowest BCUT2D eigenvalue weighted by Crippen LogP contribution is -2.53. The molecule has 0 heterocycles. The molecule has 2 aromatic rings. The Hall–Kier alpha value is -3.94. The Morgan fingerprint density at radius 2 is 1.43 bits per heavy atom. The number of carbonyl (C=O) groups is 3. The first-order valence-electron chi connectivity index (χ1n) is 12.7. The van der Waals surface area contributed by atoms with Gasteiger partial charge in [-0.25, -0.2) is 18.4 Å². The summed E-state index contributed by atoms with van der Waals surface area (Å²) >= 11 is 0. The fraction of sp³-hybridized carbons (Fsp3) is 0.464. The van der Waals surface area contributed by atoms with E-state index in [1.54, 1.807) is 51.1 Å². The van der Waals surface area contributed by atoms with E-state index in [4.69, 9.17) is 9.47 Å². The maximum atomic E-state index is 15.2. The highest BCUT2D eigenvalue weighted by atomic mass is 19.4. The number of aliphatic hydroxyl groups excluding tert-OH is 1. The number of amides is 2. The van der Waals surface area contributed by atoms with Crippen LogP contribution in [0, 0.1) is 11.6 Å². The second-order valence-electron chi connectivity index (χ2n) is 11.2. The molecule has 2 rings (SSSR count). The predicted molar refractivity (Wildman–Crippen MR) is 139 cm³/mol. The Morgan fingerprint density at radius 1 is 0.857 bits per heavy atom. The van der Waals surface area contributed by atoms with Crippen LogP contribution in [0.4, 0.5) is 26.7 Å². The molecule has 9 nitrogen and oxygen atoms in total. The summed E-state index contributed by atoms with van der Waals surface area (Å²) in [6.07, 6.45) is -8.69. The second-order valence-corrected chi connectivity index (χ2v) is 11.2. The summed E-state index contributed by atoms with van der Waals surface area (Å²) in [6, 6.07) is 5.85. The number of aliphatic hydroxyl groups is 1. The van der Waals surface area contributed by atoms with Gasteiger partial charge in [0.2, 0.25) is 5.75 Å². The van der Waals surface area contributed by atoms with Crippen LogP contribution in [0.15, 0.2) is 42.5 Å². The molecule has 3 atom stereocenters. The van der Waals surface area contributed by atoms with Gasteiger partial charge < -0.3 is 30.0 Å². The number of carbonyl (C=O) groups excluding carboxylic acids is 3. The molecule has 0 bridgehead atoms. The van der Waals surface area contributed by atoms with E-state index in [-0.39, 0.29) is 6.42 Å². The standard InChI is InChI=1S/C28H33F5N2O7/c1-26(2,3)41-24(38)20(16-12-13-17(29)22(19(16)30)40-28(31,32)33)35-23(37)21(36)18(14-15-10-8-7-9-11-15)34-25(39)42-27(4,5)6/h7-13,18,20-21,36H,14H2,1-6H3,(H,34,39)(H,35,37)/t18-,20+,21+/m1/s1. The van der Waals surface area contributed by atoms with Gasteiger partial charge in [0.05, 0.1) is 6.04 Å². The topological polar surface area (TPSA) is 123 Å².